The monoisotopic (exact) mass is 515 g/mol. The van der Waals surface area contributed by atoms with Gasteiger partial charge in [-0.25, -0.2) is 0 Å². The van der Waals surface area contributed by atoms with Gasteiger partial charge in [0.25, 0.3) is 5.91 Å². The summed E-state index contributed by atoms with van der Waals surface area (Å²) in [5.41, 5.74) is 0.710. The van der Waals surface area contributed by atoms with E-state index in [0.29, 0.717) is 36.8 Å². The third-order valence-corrected chi connectivity index (χ3v) is 9.43. The maximum atomic E-state index is 14.2. The second kappa shape index (κ2) is 9.64. The Morgan fingerprint density at radius 3 is 2.54 bits per heavy atom. The van der Waals surface area contributed by atoms with Crippen LogP contribution in [0.25, 0.3) is 0 Å². The summed E-state index contributed by atoms with van der Waals surface area (Å²) in [6, 6.07) is 6.35. The number of rotatable bonds is 6. The molecule has 4 heterocycles. The number of aliphatic hydroxyl groups excluding tert-OH is 1. The molecule has 7 nitrogen and oxygen atoms in total. The fraction of sp³-hybridized carbons (Fsp3) is 0.500. The van der Waals surface area contributed by atoms with Crippen LogP contribution < -0.4 is 4.90 Å². The van der Waals surface area contributed by atoms with E-state index in [1.54, 1.807) is 45.8 Å². The van der Waals surface area contributed by atoms with Crippen LogP contribution in [-0.2, 0) is 14.4 Å². The van der Waals surface area contributed by atoms with Gasteiger partial charge in [-0.05, 0) is 37.1 Å². The molecule has 1 spiro atoms. The molecule has 2 fully saturated rings. The molecule has 1 aromatic carbocycles. The Bertz CT molecular complexity index is 1080. The third-order valence-electron chi connectivity index (χ3n) is 7.43. The van der Waals surface area contributed by atoms with Gasteiger partial charge in [0.1, 0.15) is 6.04 Å². The van der Waals surface area contributed by atoms with Crippen molar-refractivity contribution in [1.82, 2.24) is 9.80 Å². The van der Waals surface area contributed by atoms with Crippen molar-refractivity contribution in [2.75, 3.05) is 37.7 Å². The quantitative estimate of drug-likeness (QED) is 0.589. The highest BCUT2D eigenvalue weighted by atomic mass is 35.5. The topological polar surface area (TPSA) is 81.2 Å². The van der Waals surface area contributed by atoms with E-state index in [1.807, 2.05) is 30.1 Å². The molecular weight excluding hydrogens is 486 g/mol. The molecule has 1 aromatic rings. The van der Waals surface area contributed by atoms with Gasteiger partial charge in [-0.1, -0.05) is 42.8 Å². The van der Waals surface area contributed by atoms with Crippen LogP contribution in [-0.4, -0.2) is 81.5 Å². The number of likely N-dealkylation sites (tertiary alicyclic amines) is 1. The molecule has 0 saturated carbocycles. The Kier molecular flexibility index (Phi) is 6.72. The number of halogens is 1. The van der Waals surface area contributed by atoms with Crippen molar-refractivity contribution in [3.05, 3.63) is 53.6 Å². The molecule has 9 heteroatoms. The van der Waals surface area contributed by atoms with Crippen molar-refractivity contribution in [1.29, 1.82) is 0 Å². The molecule has 1 unspecified atom stereocenters. The van der Waals surface area contributed by atoms with Crippen molar-refractivity contribution >= 4 is 46.8 Å². The van der Waals surface area contributed by atoms with Crippen molar-refractivity contribution in [3.63, 3.8) is 0 Å². The Morgan fingerprint density at radius 1 is 1.06 bits per heavy atom. The largest absolute Gasteiger partial charge is 0.396 e. The average Bonchev–Trinajstić information content (AvgIpc) is 3.16. The summed E-state index contributed by atoms with van der Waals surface area (Å²) in [4.78, 5) is 47.0. The lowest BCUT2D eigenvalue weighted by atomic mass is 9.78. The molecule has 4 aliphatic rings. The average molecular weight is 516 g/mol. The van der Waals surface area contributed by atoms with E-state index in [2.05, 4.69) is 6.08 Å². The number of nitrogens with zero attached hydrogens (tertiary/aromatic N) is 3. The summed E-state index contributed by atoms with van der Waals surface area (Å²) in [5.74, 6) is -1.48. The highest BCUT2D eigenvalue weighted by Crippen LogP contribution is 2.61. The van der Waals surface area contributed by atoms with Gasteiger partial charge in [0.2, 0.25) is 11.8 Å². The van der Waals surface area contributed by atoms with Gasteiger partial charge in [0.15, 0.2) is 0 Å². The fourth-order valence-electron chi connectivity index (χ4n) is 5.99. The normalized spacial score (nSPS) is 32.0. The molecular formula is C26H30ClN3O4S. The van der Waals surface area contributed by atoms with Crippen LogP contribution >= 0.6 is 23.4 Å². The standard InChI is InChI=1S/C26H30ClN3O4S/c1-2-12-28-13-3-6-19-20(23(28)32)21-24(33)30(15-5-16-31)22-25(34)29(14-4-11-26(21,22)35-19)18-9-7-17(27)8-10-18/h3-4,6-11,19-22,31H,2,5,12-16H2,1H3/t19-,20+,21+,22?,26+/m1/s1. The number of hydrogen-bond acceptors (Lipinski definition) is 5. The molecule has 1 N–H and O–H groups in total. The van der Waals surface area contributed by atoms with E-state index >= 15 is 0 Å². The number of carbonyl (C=O) groups excluding carboxylic acids is 3. The van der Waals surface area contributed by atoms with Gasteiger partial charge < -0.3 is 19.8 Å². The Balaban J connectivity index is 1.58. The summed E-state index contributed by atoms with van der Waals surface area (Å²) in [7, 11) is 0. The van der Waals surface area contributed by atoms with Gasteiger partial charge in [-0.15, -0.1) is 11.8 Å². The number of amides is 3. The molecule has 0 aromatic heterocycles. The van der Waals surface area contributed by atoms with Crippen LogP contribution in [0.4, 0.5) is 5.69 Å². The van der Waals surface area contributed by atoms with Crippen molar-refractivity contribution in [3.8, 4) is 0 Å². The fourth-order valence-corrected chi connectivity index (χ4v) is 8.13. The summed E-state index contributed by atoms with van der Waals surface area (Å²) in [5, 5.41) is 9.93. The van der Waals surface area contributed by atoms with Crippen LogP contribution in [0.2, 0.25) is 5.02 Å². The van der Waals surface area contributed by atoms with E-state index in [1.165, 1.54) is 0 Å². The first-order valence-electron chi connectivity index (χ1n) is 12.2. The molecule has 2 saturated heterocycles. The number of aliphatic hydroxyl groups is 1. The molecule has 0 bridgehead atoms. The van der Waals surface area contributed by atoms with Crippen LogP contribution in [0.5, 0.6) is 0 Å². The van der Waals surface area contributed by atoms with E-state index in [4.69, 9.17) is 11.6 Å². The smallest absolute Gasteiger partial charge is 0.251 e. The van der Waals surface area contributed by atoms with Gasteiger partial charge in [0, 0.05) is 48.7 Å². The van der Waals surface area contributed by atoms with Crippen LogP contribution in [0, 0.1) is 11.8 Å². The molecule has 35 heavy (non-hydrogen) atoms. The number of hydrogen-bond donors (Lipinski definition) is 1. The molecule has 5 rings (SSSR count). The van der Waals surface area contributed by atoms with Crippen molar-refractivity contribution in [2.24, 2.45) is 11.8 Å². The third kappa shape index (κ3) is 3.90. The summed E-state index contributed by atoms with van der Waals surface area (Å²) in [6.07, 6.45) is 9.26. The zero-order valence-electron chi connectivity index (χ0n) is 19.7. The Hall–Kier alpha value is -2.29. The van der Waals surface area contributed by atoms with Crippen LogP contribution in [0.15, 0.2) is 48.6 Å². The first-order valence-corrected chi connectivity index (χ1v) is 13.5. The van der Waals surface area contributed by atoms with Crippen molar-refractivity contribution < 1.29 is 19.5 Å². The van der Waals surface area contributed by atoms with Gasteiger partial charge in [-0.2, -0.15) is 0 Å². The summed E-state index contributed by atoms with van der Waals surface area (Å²) in [6.45, 7) is 3.79. The number of benzene rings is 1. The van der Waals surface area contributed by atoms with Crippen LogP contribution in [0.3, 0.4) is 0 Å². The summed E-state index contributed by atoms with van der Waals surface area (Å²) < 4.78 is -0.838. The van der Waals surface area contributed by atoms with E-state index < -0.39 is 22.6 Å². The van der Waals surface area contributed by atoms with E-state index in [0.717, 1.165) is 6.42 Å². The highest BCUT2D eigenvalue weighted by molar-refractivity contribution is 8.02. The summed E-state index contributed by atoms with van der Waals surface area (Å²) >= 11 is 7.65. The maximum absolute atomic E-state index is 14.2. The molecule has 4 aliphatic heterocycles. The van der Waals surface area contributed by atoms with E-state index in [9.17, 15) is 19.5 Å². The first-order chi connectivity index (χ1) is 16.9. The lowest BCUT2D eigenvalue weighted by Gasteiger charge is -2.35. The second-order valence-electron chi connectivity index (χ2n) is 9.49. The second-order valence-corrected chi connectivity index (χ2v) is 11.4. The van der Waals surface area contributed by atoms with Crippen LogP contribution in [0.1, 0.15) is 19.8 Å². The molecule has 5 atom stereocenters. The number of anilines is 1. The number of carbonyl (C=O) groups is 3. The molecule has 186 valence electrons. The van der Waals surface area contributed by atoms with Gasteiger partial charge in [-0.3, -0.25) is 14.4 Å². The number of fused-ring (bicyclic) bond motifs is 2. The zero-order valence-corrected chi connectivity index (χ0v) is 21.3. The van der Waals surface area contributed by atoms with Gasteiger partial charge >= 0.3 is 0 Å². The Morgan fingerprint density at radius 2 is 1.83 bits per heavy atom. The lowest BCUT2D eigenvalue weighted by molar-refractivity contribution is -0.142. The first kappa shape index (κ1) is 24.4. The van der Waals surface area contributed by atoms with E-state index in [-0.39, 0.29) is 36.1 Å². The maximum Gasteiger partial charge on any atom is 0.251 e. The predicted molar refractivity (Wildman–Crippen MR) is 137 cm³/mol. The Labute approximate surface area is 214 Å². The minimum Gasteiger partial charge on any atom is -0.396 e. The highest BCUT2D eigenvalue weighted by Gasteiger charge is 2.70. The predicted octanol–water partition coefficient (Wildman–Crippen LogP) is 2.73. The minimum atomic E-state index is -0.838. The molecule has 0 radical (unpaired) electrons. The lowest BCUT2D eigenvalue weighted by Crippen LogP contribution is -2.53. The zero-order chi connectivity index (χ0) is 24.7. The van der Waals surface area contributed by atoms with Crippen molar-refractivity contribution in [2.45, 2.75) is 35.8 Å². The minimum absolute atomic E-state index is 0.00742. The SMILES string of the molecule is CCCN1CC=C[C@H]2S[C@]34C=CCN(c5ccc(Cl)cc5)C(=O)C3N(CCCO)C(=O)[C@@H]4[C@H]2C1=O. The molecule has 0 aliphatic carbocycles. The number of thioether (sulfide) groups is 1. The van der Waals surface area contributed by atoms with Gasteiger partial charge in [0.05, 0.1) is 16.6 Å². The molecule has 3 amide bonds.